The molecule has 0 saturated heterocycles. The Kier molecular flexibility index (Phi) is 4.62. The van der Waals surface area contributed by atoms with Crippen LogP contribution in [0.3, 0.4) is 0 Å². The van der Waals surface area contributed by atoms with Crippen molar-refractivity contribution in [2.75, 3.05) is 5.32 Å². The molecule has 2 aromatic rings. The highest BCUT2D eigenvalue weighted by Gasteiger charge is 2.17. The van der Waals surface area contributed by atoms with E-state index in [1.165, 1.54) is 17.0 Å². The molecule has 1 aromatic carbocycles. The summed E-state index contributed by atoms with van der Waals surface area (Å²) in [6.45, 7) is 4.09. The first kappa shape index (κ1) is 14.8. The normalized spacial score (nSPS) is 12.2. The fraction of sp³-hybridized carbons (Fsp3) is 0.286. The first-order chi connectivity index (χ1) is 9.51. The molecule has 2 rings (SSSR count). The van der Waals surface area contributed by atoms with Gasteiger partial charge in [0.25, 0.3) is 5.69 Å². The zero-order valence-electron chi connectivity index (χ0n) is 11.2. The number of anilines is 1. The van der Waals surface area contributed by atoms with Gasteiger partial charge in [-0.15, -0.1) is 11.3 Å². The molecule has 1 heterocycles. The summed E-state index contributed by atoms with van der Waals surface area (Å²) in [5.41, 5.74) is 0.481. The SMILES string of the molecule is CCc1ccc(C(C)Nc2cc(Cl)ccc2[N+](=O)[O-])s1. The minimum absolute atomic E-state index is 0.00235. The van der Waals surface area contributed by atoms with E-state index in [4.69, 9.17) is 11.6 Å². The van der Waals surface area contributed by atoms with E-state index in [1.807, 2.05) is 6.92 Å². The number of aryl methyl sites for hydroxylation is 1. The van der Waals surface area contributed by atoms with Gasteiger partial charge < -0.3 is 5.32 Å². The lowest BCUT2D eigenvalue weighted by atomic mass is 10.2. The quantitative estimate of drug-likeness (QED) is 0.621. The summed E-state index contributed by atoms with van der Waals surface area (Å²) in [6, 6.07) is 8.67. The van der Waals surface area contributed by atoms with Crippen molar-refractivity contribution >= 4 is 34.3 Å². The zero-order chi connectivity index (χ0) is 14.7. The van der Waals surface area contributed by atoms with Gasteiger partial charge in [0.1, 0.15) is 5.69 Å². The van der Waals surface area contributed by atoms with Gasteiger partial charge in [-0.1, -0.05) is 18.5 Å². The Bertz CT molecular complexity index is 627. The van der Waals surface area contributed by atoms with Gasteiger partial charge in [0.05, 0.1) is 11.0 Å². The largest absolute Gasteiger partial charge is 0.372 e. The highest BCUT2D eigenvalue weighted by Crippen LogP contribution is 2.32. The maximum atomic E-state index is 11.0. The molecule has 4 nitrogen and oxygen atoms in total. The summed E-state index contributed by atoms with van der Waals surface area (Å²) in [4.78, 5) is 13.1. The highest BCUT2D eigenvalue weighted by molar-refractivity contribution is 7.12. The van der Waals surface area contributed by atoms with Gasteiger partial charge in [0.15, 0.2) is 0 Å². The van der Waals surface area contributed by atoms with Crippen LogP contribution in [0.5, 0.6) is 0 Å². The number of thiophene rings is 1. The third-order valence-corrected chi connectivity index (χ3v) is 4.63. The second-order valence-corrected chi connectivity index (χ2v) is 6.08. The molecule has 0 aliphatic heterocycles. The second-order valence-electron chi connectivity index (χ2n) is 4.44. The predicted molar refractivity (Wildman–Crippen MR) is 83.8 cm³/mol. The fourth-order valence-corrected chi connectivity index (χ4v) is 3.03. The Labute approximate surface area is 126 Å². The van der Waals surface area contributed by atoms with E-state index >= 15 is 0 Å². The Morgan fingerprint density at radius 1 is 1.40 bits per heavy atom. The average Bonchev–Trinajstić information content (AvgIpc) is 2.87. The lowest BCUT2D eigenvalue weighted by Crippen LogP contribution is -2.07. The molecular weight excluding hydrogens is 296 g/mol. The first-order valence-corrected chi connectivity index (χ1v) is 7.49. The molecule has 106 valence electrons. The van der Waals surface area contributed by atoms with Crippen LogP contribution in [0.4, 0.5) is 11.4 Å². The van der Waals surface area contributed by atoms with Crippen LogP contribution in [0.1, 0.15) is 29.6 Å². The van der Waals surface area contributed by atoms with Crippen LogP contribution in [0.25, 0.3) is 0 Å². The summed E-state index contributed by atoms with van der Waals surface area (Å²) in [5.74, 6) is 0. The average molecular weight is 311 g/mol. The Morgan fingerprint density at radius 3 is 2.75 bits per heavy atom. The number of benzene rings is 1. The maximum absolute atomic E-state index is 11.0. The summed E-state index contributed by atoms with van der Waals surface area (Å²) < 4.78 is 0. The maximum Gasteiger partial charge on any atom is 0.292 e. The molecular formula is C14H15ClN2O2S. The van der Waals surface area contributed by atoms with Crippen molar-refractivity contribution in [3.05, 3.63) is 55.2 Å². The molecule has 1 unspecified atom stereocenters. The van der Waals surface area contributed by atoms with E-state index in [0.29, 0.717) is 10.7 Å². The Balaban J connectivity index is 2.24. The minimum atomic E-state index is -0.405. The second kappa shape index (κ2) is 6.24. The first-order valence-electron chi connectivity index (χ1n) is 6.30. The van der Waals surface area contributed by atoms with Gasteiger partial charge in [-0.25, -0.2) is 0 Å². The summed E-state index contributed by atoms with van der Waals surface area (Å²) in [5, 5.41) is 14.7. The van der Waals surface area contributed by atoms with Crippen molar-refractivity contribution in [2.24, 2.45) is 0 Å². The van der Waals surface area contributed by atoms with E-state index in [-0.39, 0.29) is 11.7 Å². The monoisotopic (exact) mass is 310 g/mol. The van der Waals surface area contributed by atoms with Crippen molar-refractivity contribution in [1.29, 1.82) is 0 Å². The third kappa shape index (κ3) is 3.29. The number of nitro groups is 1. The number of halogens is 1. The Morgan fingerprint density at radius 2 is 2.15 bits per heavy atom. The number of hydrogen-bond acceptors (Lipinski definition) is 4. The molecule has 0 bridgehead atoms. The molecule has 1 aromatic heterocycles. The van der Waals surface area contributed by atoms with E-state index in [0.717, 1.165) is 11.3 Å². The van der Waals surface area contributed by atoms with Crippen molar-refractivity contribution in [3.63, 3.8) is 0 Å². The number of rotatable bonds is 5. The molecule has 0 fully saturated rings. The number of nitro benzene ring substituents is 1. The van der Waals surface area contributed by atoms with Crippen LogP contribution >= 0.6 is 22.9 Å². The molecule has 0 spiro atoms. The summed E-state index contributed by atoms with van der Waals surface area (Å²) in [6.07, 6.45) is 0.995. The smallest absolute Gasteiger partial charge is 0.292 e. The molecule has 0 amide bonds. The van der Waals surface area contributed by atoms with Crippen LogP contribution in [0.2, 0.25) is 5.02 Å². The standard InChI is InChI=1S/C14H15ClN2O2S/c1-3-11-5-7-14(20-11)9(2)16-12-8-10(15)4-6-13(12)17(18)19/h4-9,16H,3H2,1-2H3. The fourth-order valence-electron chi connectivity index (χ4n) is 1.90. The molecule has 1 N–H and O–H groups in total. The lowest BCUT2D eigenvalue weighted by molar-refractivity contribution is -0.384. The molecule has 0 aliphatic rings. The number of hydrogen-bond donors (Lipinski definition) is 1. The van der Waals surface area contributed by atoms with Gasteiger partial charge in [-0.3, -0.25) is 10.1 Å². The third-order valence-electron chi connectivity index (χ3n) is 2.98. The van der Waals surface area contributed by atoms with Crippen LogP contribution in [0.15, 0.2) is 30.3 Å². The molecule has 0 saturated carbocycles. The van der Waals surface area contributed by atoms with Crippen LogP contribution < -0.4 is 5.32 Å². The molecule has 0 radical (unpaired) electrons. The highest BCUT2D eigenvalue weighted by atomic mass is 35.5. The molecule has 1 atom stereocenters. The summed E-state index contributed by atoms with van der Waals surface area (Å²) in [7, 11) is 0. The van der Waals surface area contributed by atoms with Gasteiger partial charge in [0, 0.05) is 20.8 Å². The van der Waals surface area contributed by atoms with Gasteiger partial charge in [0.2, 0.25) is 0 Å². The summed E-state index contributed by atoms with van der Waals surface area (Å²) >= 11 is 7.63. The van der Waals surface area contributed by atoms with Crippen LogP contribution in [-0.4, -0.2) is 4.92 Å². The topological polar surface area (TPSA) is 55.2 Å². The molecule has 6 heteroatoms. The number of nitrogens with one attached hydrogen (secondary N) is 1. The van der Waals surface area contributed by atoms with Crippen molar-refractivity contribution in [1.82, 2.24) is 0 Å². The van der Waals surface area contributed by atoms with Crippen molar-refractivity contribution in [3.8, 4) is 0 Å². The van der Waals surface area contributed by atoms with E-state index in [2.05, 4.69) is 24.4 Å². The van der Waals surface area contributed by atoms with E-state index in [1.54, 1.807) is 17.4 Å². The van der Waals surface area contributed by atoms with E-state index < -0.39 is 4.92 Å². The lowest BCUT2D eigenvalue weighted by Gasteiger charge is -2.14. The number of nitrogens with zero attached hydrogens (tertiary/aromatic N) is 1. The van der Waals surface area contributed by atoms with Crippen LogP contribution in [-0.2, 0) is 6.42 Å². The van der Waals surface area contributed by atoms with Gasteiger partial charge in [-0.2, -0.15) is 0 Å². The minimum Gasteiger partial charge on any atom is -0.372 e. The van der Waals surface area contributed by atoms with Crippen molar-refractivity contribution < 1.29 is 4.92 Å². The Hall–Kier alpha value is -1.59. The zero-order valence-corrected chi connectivity index (χ0v) is 12.8. The van der Waals surface area contributed by atoms with Crippen molar-refractivity contribution in [2.45, 2.75) is 26.3 Å². The van der Waals surface area contributed by atoms with Crippen LogP contribution in [0, 0.1) is 10.1 Å². The van der Waals surface area contributed by atoms with Gasteiger partial charge >= 0.3 is 0 Å². The predicted octanol–water partition coefficient (Wildman–Crippen LogP) is 5.05. The molecule has 0 aliphatic carbocycles. The van der Waals surface area contributed by atoms with E-state index in [9.17, 15) is 10.1 Å². The molecule has 20 heavy (non-hydrogen) atoms. The van der Waals surface area contributed by atoms with Gasteiger partial charge in [-0.05, 0) is 37.6 Å².